The van der Waals surface area contributed by atoms with Gasteiger partial charge in [-0.2, -0.15) is 0 Å². The Balaban J connectivity index is 2.13. The lowest BCUT2D eigenvalue weighted by Gasteiger charge is -2.40. The second-order valence-electron chi connectivity index (χ2n) is 21.1. The molecule has 1 saturated heterocycles. The SMILES string of the molecule is CCCCCCCC/C=C\CCCCCCCC(=O)NC(COC1OC(CO)C(O)C(O)C1O)C(O)CCCCCCCCCCCCCCCCCCCCCCCCCCCCCCCC. The first-order chi connectivity index (χ1) is 33.3. The first-order valence-corrected chi connectivity index (χ1v) is 29.9. The number of rotatable bonds is 52. The lowest BCUT2D eigenvalue weighted by Crippen LogP contribution is -2.60. The Labute approximate surface area is 420 Å². The zero-order valence-corrected chi connectivity index (χ0v) is 44.9. The van der Waals surface area contributed by atoms with Crippen LogP contribution in [0.2, 0.25) is 0 Å². The van der Waals surface area contributed by atoms with Crippen molar-refractivity contribution in [2.45, 2.75) is 346 Å². The summed E-state index contributed by atoms with van der Waals surface area (Å²) >= 11 is 0. The topological polar surface area (TPSA) is 149 Å². The number of carbonyl (C=O) groups is 1. The summed E-state index contributed by atoms with van der Waals surface area (Å²) in [6, 6.07) is -0.721. The third-order valence-electron chi connectivity index (χ3n) is 14.6. The van der Waals surface area contributed by atoms with Crippen LogP contribution in [0, 0.1) is 0 Å². The molecule has 1 amide bonds. The van der Waals surface area contributed by atoms with Gasteiger partial charge in [-0.1, -0.05) is 270 Å². The van der Waals surface area contributed by atoms with Gasteiger partial charge in [-0.3, -0.25) is 4.79 Å². The molecule has 0 spiro atoms. The van der Waals surface area contributed by atoms with E-state index in [2.05, 4.69) is 31.3 Å². The first-order valence-electron chi connectivity index (χ1n) is 29.9. The van der Waals surface area contributed by atoms with Gasteiger partial charge in [0, 0.05) is 6.42 Å². The minimum absolute atomic E-state index is 0.137. The van der Waals surface area contributed by atoms with E-state index < -0.39 is 49.5 Å². The van der Waals surface area contributed by atoms with Crippen molar-refractivity contribution >= 4 is 5.91 Å². The van der Waals surface area contributed by atoms with Crippen LogP contribution < -0.4 is 5.32 Å². The van der Waals surface area contributed by atoms with Crippen LogP contribution in [0.3, 0.4) is 0 Å². The van der Waals surface area contributed by atoms with Crippen molar-refractivity contribution in [3.63, 3.8) is 0 Å². The molecule has 7 unspecified atom stereocenters. The Morgan fingerprint density at radius 2 is 0.824 bits per heavy atom. The van der Waals surface area contributed by atoms with Crippen molar-refractivity contribution in [1.29, 1.82) is 0 Å². The van der Waals surface area contributed by atoms with E-state index in [9.17, 15) is 30.3 Å². The second kappa shape index (κ2) is 49.5. The number of ether oxygens (including phenoxy) is 2. The van der Waals surface area contributed by atoms with E-state index in [4.69, 9.17) is 9.47 Å². The molecule has 0 bridgehead atoms. The number of carbonyl (C=O) groups excluding carboxylic acids is 1. The molecule has 0 saturated carbocycles. The molecule has 9 heteroatoms. The number of allylic oxidation sites excluding steroid dienone is 2. The second-order valence-corrected chi connectivity index (χ2v) is 21.1. The van der Waals surface area contributed by atoms with Gasteiger partial charge in [-0.15, -0.1) is 0 Å². The van der Waals surface area contributed by atoms with Crippen molar-refractivity contribution in [3.05, 3.63) is 12.2 Å². The number of unbranched alkanes of at least 4 members (excludes halogenated alkanes) is 40. The largest absolute Gasteiger partial charge is 0.394 e. The highest BCUT2D eigenvalue weighted by Crippen LogP contribution is 2.23. The van der Waals surface area contributed by atoms with Crippen LogP contribution in [-0.2, 0) is 14.3 Å². The Morgan fingerprint density at radius 3 is 1.19 bits per heavy atom. The lowest BCUT2D eigenvalue weighted by atomic mass is 9.99. The molecule has 6 N–H and O–H groups in total. The van der Waals surface area contributed by atoms with Gasteiger partial charge in [0.2, 0.25) is 5.91 Å². The first kappa shape index (κ1) is 64.9. The maximum absolute atomic E-state index is 13.0. The quantitative estimate of drug-likeness (QED) is 0.0261. The summed E-state index contributed by atoms with van der Waals surface area (Å²) in [5.74, 6) is -0.148. The van der Waals surface area contributed by atoms with E-state index in [0.717, 1.165) is 51.4 Å². The highest BCUT2D eigenvalue weighted by Gasteiger charge is 2.44. The Kier molecular flexibility index (Phi) is 47.3. The predicted molar refractivity (Wildman–Crippen MR) is 286 cm³/mol. The number of aliphatic hydroxyl groups is 5. The average molecular weight is 967 g/mol. The lowest BCUT2D eigenvalue weighted by molar-refractivity contribution is -0.302. The molecule has 9 nitrogen and oxygen atoms in total. The van der Waals surface area contributed by atoms with Crippen LogP contribution in [0.5, 0.6) is 0 Å². The van der Waals surface area contributed by atoms with Crippen LogP contribution in [0.15, 0.2) is 12.2 Å². The van der Waals surface area contributed by atoms with Crippen LogP contribution >= 0.6 is 0 Å². The predicted octanol–water partition coefficient (Wildman–Crippen LogP) is 14.8. The molecule has 0 aromatic carbocycles. The molecule has 1 fully saturated rings. The van der Waals surface area contributed by atoms with Gasteiger partial charge >= 0.3 is 0 Å². The Morgan fingerprint density at radius 1 is 0.485 bits per heavy atom. The van der Waals surface area contributed by atoms with Gasteiger partial charge in [0.15, 0.2) is 6.29 Å². The number of hydrogen-bond donors (Lipinski definition) is 6. The molecule has 404 valence electrons. The van der Waals surface area contributed by atoms with Crippen molar-refractivity contribution < 1.29 is 39.8 Å². The summed E-state index contributed by atoms with van der Waals surface area (Å²) in [7, 11) is 0. The number of hydrogen-bond acceptors (Lipinski definition) is 8. The highest BCUT2D eigenvalue weighted by atomic mass is 16.7. The van der Waals surface area contributed by atoms with Crippen LogP contribution in [0.1, 0.15) is 303 Å². The monoisotopic (exact) mass is 966 g/mol. The fourth-order valence-electron chi connectivity index (χ4n) is 9.87. The summed E-state index contributed by atoms with van der Waals surface area (Å²) in [4.78, 5) is 13.0. The molecule has 0 aromatic heterocycles. The van der Waals surface area contributed by atoms with Gasteiger partial charge in [0.25, 0.3) is 0 Å². The van der Waals surface area contributed by atoms with E-state index in [0.29, 0.717) is 12.8 Å². The van der Waals surface area contributed by atoms with E-state index in [-0.39, 0.29) is 12.5 Å². The summed E-state index contributed by atoms with van der Waals surface area (Å²) in [5.41, 5.74) is 0. The average Bonchev–Trinajstić information content (AvgIpc) is 3.34. The maximum Gasteiger partial charge on any atom is 0.220 e. The molecule has 0 aromatic rings. The minimum atomic E-state index is -1.55. The summed E-state index contributed by atoms with van der Waals surface area (Å²) in [5, 5.41) is 54.7. The molecule has 1 rings (SSSR count). The third kappa shape index (κ3) is 38.6. The minimum Gasteiger partial charge on any atom is -0.394 e. The van der Waals surface area contributed by atoms with Crippen molar-refractivity contribution in [2.75, 3.05) is 13.2 Å². The fourth-order valence-corrected chi connectivity index (χ4v) is 9.87. The number of amides is 1. The molecule has 7 atom stereocenters. The number of nitrogens with one attached hydrogen (secondary N) is 1. The van der Waals surface area contributed by atoms with Crippen LogP contribution in [0.4, 0.5) is 0 Å². The Hall–Kier alpha value is -1.07. The standard InChI is InChI=1S/C59H115NO8/c1-3-5-7-9-11-13-15-17-19-20-21-22-23-24-25-26-27-28-29-30-31-32-33-35-36-38-40-42-44-46-48-53(62)52(51-67-59-58(66)57(65)56(64)54(50-61)68-59)60-55(63)49-47-45-43-41-39-37-34-18-16-14-12-10-8-6-4-2/h18,34,52-54,56-59,61-62,64-66H,3-17,19-33,35-51H2,1-2H3,(H,60,63)/b34-18-. The smallest absolute Gasteiger partial charge is 0.220 e. The van der Waals surface area contributed by atoms with Gasteiger partial charge in [-0.25, -0.2) is 0 Å². The third-order valence-corrected chi connectivity index (χ3v) is 14.6. The van der Waals surface area contributed by atoms with Crippen LogP contribution in [0.25, 0.3) is 0 Å². The molecule has 0 aliphatic carbocycles. The molecule has 0 radical (unpaired) electrons. The molecule has 1 aliphatic heterocycles. The molecule has 1 heterocycles. The van der Waals surface area contributed by atoms with Gasteiger partial charge in [-0.05, 0) is 38.5 Å². The zero-order chi connectivity index (χ0) is 49.4. The Bertz CT molecular complexity index is 1080. The van der Waals surface area contributed by atoms with E-state index in [1.54, 1.807) is 0 Å². The van der Waals surface area contributed by atoms with Crippen LogP contribution in [-0.4, -0.2) is 87.5 Å². The van der Waals surface area contributed by atoms with Gasteiger partial charge in [0.1, 0.15) is 24.4 Å². The molecular weight excluding hydrogens is 851 g/mol. The van der Waals surface area contributed by atoms with E-state index in [1.807, 2.05) is 0 Å². The maximum atomic E-state index is 13.0. The van der Waals surface area contributed by atoms with Crippen molar-refractivity contribution in [2.24, 2.45) is 0 Å². The summed E-state index contributed by atoms with van der Waals surface area (Å²) in [6.07, 6.45) is 54.0. The summed E-state index contributed by atoms with van der Waals surface area (Å²) in [6.45, 7) is 3.86. The number of aliphatic hydroxyl groups excluding tert-OH is 5. The van der Waals surface area contributed by atoms with Crippen molar-refractivity contribution in [3.8, 4) is 0 Å². The van der Waals surface area contributed by atoms with E-state index in [1.165, 1.54) is 225 Å². The molecule has 68 heavy (non-hydrogen) atoms. The van der Waals surface area contributed by atoms with Gasteiger partial charge < -0.3 is 40.3 Å². The normalized spacial score (nSPS) is 19.5. The van der Waals surface area contributed by atoms with E-state index >= 15 is 0 Å². The molecule has 1 aliphatic rings. The van der Waals surface area contributed by atoms with Crippen molar-refractivity contribution in [1.82, 2.24) is 5.32 Å². The molecular formula is C59H115NO8. The summed E-state index contributed by atoms with van der Waals surface area (Å²) < 4.78 is 11.3. The fraction of sp³-hybridized carbons (Fsp3) is 0.949. The van der Waals surface area contributed by atoms with Gasteiger partial charge in [0.05, 0.1) is 25.4 Å². The zero-order valence-electron chi connectivity index (χ0n) is 44.9. The highest BCUT2D eigenvalue weighted by molar-refractivity contribution is 5.76.